The van der Waals surface area contributed by atoms with Gasteiger partial charge in [0.25, 0.3) is 0 Å². The molecule has 0 aliphatic rings. The van der Waals surface area contributed by atoms with Crippen LogP contribution in [0.4, 0.5) is 0 Å². The first-order valence-corrected chi connectivity index (χ1v) is 4.03. The normalized spacial score (nSPS) is 10.4. The Morgan fingerprint density at radius 2 is 2.57 bits per heavy atom. The Labute approximate surface area is 81.7 Å². The van der Waals surface area contributed by atoms with Crippen molar-refractivity contribution in [3.05, 3.63) is 30.6 Å². The fourth-order valence-corrected chi connectivity index (χ4v) is 0.833. The van der Waals surface area contributed by atoms with Crippen molar-refractivity contribution in [3.63, 3.8) is 0 Å². The van der Waals surface area contributed by atoms with Crippen LogP contribution in [0.15, 0.2) is 24.9 Å². The van der Waals surface area contributed by atoms with E-state index in [0.717, 1.165) is 0 Å². The van der Waals surface area contributed by atoms with E-state index in [9.17, 15) is 4.79 Å². The Morgan fingerprint density at radius 1 is 1.79 bits per heavy atom. The molecule has 0 aromatic carbocycles. The van der Waals surface area contributed by atoms with Gasteiger partial charge in [-0.1, -0.05) is 11.3 Å². The Morgan fingerprint density at radius 3 is 3.21 bits per heavy atom. The van der Waals surface area contributed by atoms with Crippen molar-refractivity contribution in [3.8, 4) is 0 Å². The zero-order valence-electron chi connectivity index (χ0n) is 7.88. The van der Waals surface area contributed by atoms with Crippen molar-refractivity contribution < 1.29 is 9.53 Å². The number of hydrogen-bond donors (Lipinski definition) is 0. The van der Waals surface area contributed by atoms with E-state index in [2.05, 4.69) is 21.6 Å². The number of aromatic nitrogens is 3. The van der Waals surface area contributed by atoms with Crippen molar-refractivity contribution in [1.82, 2.24) is 15.0 Å². The van der Waals surface area contributed by atoms with E-state index in [1.165, 1.54) is 13.2 Å². The molecular weight excluding hydrogens is 182 g/mol. The molecule has 1 rings (SSSR count). The molecule has 0 N–H and O–H groups in total. The summed E-state index contributed by atoms with van der Waals surface area (Å²) in [6.07, 6.45) is 6.25. The third kappa shape index (κ3) is 2.85. The summed E-state index contributed by atoms with van der Waals surface area (Å²) in [5.41, 5.74) is 0.609. The second-order valence-electron chi connectivity index (χ2n) is 2.51. The van der Waals surface area contributed by atoms with Gasteiger partial charge in [-0.25, -0.2) is 9.48 Å². The number of carbonyl (C=O) groups is 1. The van der Waals surface area contributed by atoms with E-state index in [1.54, 1.807) is 23.0 Å². The van der Waals surface area contributed by atoms with E-state index in [0.29, 0.717) is 12.2 Å². The predicted octanol–water partition coefficient (Wildman–Crippen LogP) is 0.650. The van der Waals surface area contributed by atoms with Crippen molar-refractivity contribution in [2.75, 3.05) is 7.11 Å². The summed E-state index contributed by atoms with van der Waals surface area (Å²) in [6, 6.07) is 0. The summed E-state index contributed by atoms with van der Waals surface area (Å²) in [7, 11) is 1.32. The van der Waals surface area contributed by atoms with Gasteiger partial charge in [0.1, 0.15) is 5.69 Å². The van der Waals surface area contributed by atoms with Crippen LogP contribution in [0.5, 0.6) is 0 Å². The Hall–Kier alpha value is -1.91. The number of allylic oxidation sites excluding steroid dienone is 1. The monoisotopic (exact) mass is 193 g/mol. The number of hydrogen-bond acceptors (Lipinski definition) is 4. The molecule has 0 atom stereocenters. The topological polar surface area (TPSA) is 57.0 Å². The number of ether oxygens (including phenoxy) is 1. The lowest BCUT2D eigenvalue weighted by Gasteiger charge is -1.88. The molecule has 0 unspecified atom stereocenters. The van der Waals surface area contributed by atoms with Gasteiger partial charge in [0, 0.05) is 6.08 Å². The summed E-state index contributed by atoms with van der Waals surface area (Å²) >= 11 is 0. The van der Waals surface area contributed by atoms with Gasteiger partial charge < -0.3 is 4.74 Å². The molecule has 0 radical (unpaired) electrons. The molecule has 0 aliphatic carbocycles. The molecule has 0 fully saturated rings. The quantitative estimate of drug-likeness (QED) is 0.400. The highest BCUT2D eigenvalue weighted by Gasteiger charge is 1.96. The Bertz CT molecular complexity index is 355. The summed E-state index contributed by atoms with van der Waals surface area (Å²) in [4.78, 5) is 10.7. The number of methoxy groups -OCH3 is 1. The van der Waals surface area contributed by atoms with Gasteiger partial charge in [-0.15, -0.1) is 11.7 Å². The molecule has 74 valence electrons. The molecule has 14 heavy (non-hydrogen) atoms. The van der Waals surface area contributed by atoms with E-state index in [4.69, 9.17) is 0 Å². The lowest BCUT2D eigenvalue weighted by atomic mass is 10.4. The molecule has 0 spiro atoms. The lowest BCUT2D eigenvalue weighted by molar-refractivity contribution is -0.134. The van der Waals surface area contributed by atoms with Crippen LogP contribution >= 0.6 is 0 Å². The van der Waals surface area contributed by atoms with E-state index in [-0.39, 0.29) is 0 Å². The van der Waals surface area contributed by atoms with Crippen LogP contribution in [0, 0.1) is 0 Å². The van der Waals surface area contributed by atoms with Gasteiger partial charge in [-0.3, -0.25) is 0 Å². The molecule has 1 aromatic heterocycles. The smallest absolute Gasteiger partial charge is 0.330 e. The third-order valence-corrected chi connectivity index (χ3v) is 1.46. The van der Waals surface area contributed by atoms with Gasteiger partial charge in [-0.05, 0) is 6.08 Å². The van der Waals surface area contributed by atoms with Gasteiger partial charge in [0.05, 0.1) is 19.9 Å². The van der Waals surface area contributed by atoms with Crippen molar-refractivity contribution in [2.45, 2.75) is 6.54 Å². The molecular formula is C9H11N3O2. The maximum atomic E-state index is 10.7. The molecule has 5 nitrogen and oxygen atoms in total. The molecule has 1 heterocycles. The fraction of sp³-hybridized carbons (Fsp3) is 0.222. The highest BCUT2D eigenvalue weighted by atomic mass is 16.5. The third-order valence-electron chi connectivity index (χ3n) is 1.46. The second-order valence-corrected chi connectivity index (χ2v) is 2.51. The number of esters is 1. The summed E-state index contributed by atoms with van der Waals surface area (Å²) in [5, 5.41) is 7.61. The minimum absolute atomic E-state index is 0.414. The molecule has 1 aromatic rings. The minimum atomic E-state index is -0.414. The first-order chi connectivity index (χ1) is 6.76. The predicted molar refractivity (Wildman–Crippen MR) is 51.3 cm³/mol. The second kappa shape index (κ2) is 4.96. The first kappa shape index (κ1) is 10.2. The highest BCUT2D eigenvalue weighted by molar-refractivity contribution is 5.86. The summed E-state index contributed by atoms with van der Waals surface area (Å²) in [5.74, 6) is -0.414. The molecule has 5 heteroatoms. The van der Waals surface area contributed by atoms with Gasteiger partial charge >= 0.3 is 5.97 Å². The largest absolute Gasteiger partial charge is 0.466 e. The van der Waals surface area contributed by atoms with Crippen LogP contribution in [-0.4, -0.2) is 28.1 Å². The Balaban J connectivity index is 2.63. The summed E-state index contributed by atoms with van der Waals surface area (Å²) in [6.45, 7) is 4.17. The van der Waals surface area contributed by atoms with E-state index in [1.807, 2.05) is 0 Å². The molecule has 0 saturated carbocycles. The summed E-state index contributed by atoms with van der Waals surface area (Å²) < 4.78 is 6.04. The maximum absolute atomic E-state index is 10.7. The van der Waals surface area contributed by atoms with Crippen molar-refractivity contribution in [2.24, 2.45) is 0 Å². The van der Waals surface area contributed by atoms with Crippen LogP contribution in [0.25, 0.3) is 6.08 Å². The lowest BCUT2D eigenvalue weighted by Crippen LogP contribution is -1.94. The van der Waals surface area contributed by atoms with Crippen molar-refractivity contribution in [1.29, 1.82) is 0 Å². The highest BCUT2D eigenvalue weighted by Crippen LogP contribution is 1.96. The zero-order valence-corrected chi connectivity index (χ0v) is 7.88. The Kier molecular flexibility index (Phi) is 3.60. The van der Waals surface area contributed by atoms with Crippen LogP contribution in [0.2, 0.25) is 0 Å². The van der Waals surface area contributed by atoms with Gasteiger partial charge in [0.2, 0.25) is 0 Å². The van der Waals surface area contributed by atoms with Crippen molar-refractivity contribution >= 4 is 12.0 Å². The zero-order chi connectivity index (χ0) is 10.4. The number of nitrogens with zero attached hydrogens (tertiary/aromatic N) is 3. The molecule has 0 saturated heterocycles. The molecule has 0 bridgehead atoms. The van der Waals surface area contributed by atoms with E-state index < -0.39 is 5.97 Å². The SMILES string of the molecule is C=CCn1cc(C=CC(=O)OC)nn1. The standard InChI is InChI=1S/C9H11N3O2/c1-3-6-12-7-8(10-11-12)4-5-9(13)14-2/h3-5,7H,1,6H2,2H3. The van der Waals surface area contributed by atoms with Gasteiger partial charge in [-0.2, -0.15) is 0 Å². The average molecular weight is 193 g/mol. The fourth-order valence-electron chi connectivity index (χ4n) is 0.833. The number of carbonyl (C=O) groups excluding carboxylic acids is 1. The van der Waals surface area contributed by atoms with E-state index >= 15 is 0 Å². The van der Waals surface area contributed by atoms with Gasteiger partial charge in [0.15, 0.2) is 0 Å². The minimum Gasteiger partial charge on any atom is -0.466 e. The van der Waals surface area contributed by atoms with Crippen LogP contribution in [0.1, 0.15) is 5.69 Å². The van der Waals surface area contributed by atoms with Crippen LogP contribution < -0.4 is 0 Å². The molecule has 0 amide bonds. The number of rotatable bonds is 4. The average Bonchev–Trinajstić information content (AvgIpc) is 2.63. The first-order valence-electron chi connectivity index (χ1n) is 4.03. The maximum Gasteiger partial charge on any atom is 0.330 e. The molecule has 0 aliphatic heterocycles. The van der Waals surface area contributed by atoms with Crippen LogP contribution in [0.3, 0.4) is 0 Å². The van der Waals surface area contributed by atoms with Crippen LogP contribution in [-0.2, 0) is 16.1 Å².